The summed E-state index contributed by atoms with van der Waals surface area (Å²) in [7, 11) is 0. The van der Waals surface area contributed by atoms with Gasteiger partial charge < -0.3 is 5.73 Å². The van der Waals surface area contributed by atoms with Gasteiger partial charge >= 0.3 is 0 Å². The van der Waals surface area contributed by atoms with E-state index in [1.807, 2.05) is 0 Å². The largest absolute Gasteiger partial charge is 0.326 e. The number of benzene rings is 1. The molecule has 0 bridgehead atoms. The summed E-state index contributed by atoms with van der Waals surface area (Å²) in [5, 5.41) is 0. The SMILES string of the molecule is CCCN1CCC(N)C1c1c(C)cc(C)cc1C. The molecule has 2 heteroatoms. The molecule has 1 aliphatic heterocycles. The van der Waals surface area contributed by atoms with Crippen LogP contribution in [0.5, 0.6) is 0 Å². The normalized spacial score (nSPS) is 24.7. The lowest BCUT2D eigenvalue weighted by molar-refractivity contribution is 0.247. The van der Waals surface area contributed by atoms with Crippen LogP contribution in [0.2, 0.25) is 0 Å². The van der Waals surface area contributed by atoms with Gasteiger partial charge in [-0.05, 0) is 56.8 Å². The first-order valence-corrected chi connectivity index (χ1v) is 7.12. The minimum Gasteiger partial charge on any atom is -0.326 e. The van der Waals surface area contributed by atoms with Crippen LogP contribution in [-0.2, 0) is 0 Å². The lowest BCUT2D eigenvalue weighted by Gasteiger charge is -2.29. The van der Waals surface area contributed by atoms with E-state index in [1.54, 1.807) is 0 Å². The standard InChI is InChI=1S/C16H26N2/c1-5-7-18-8-6-14(17)16(18)15-12(3)9-11(2)10-13(15)4/h9-10,14,16H,5-8,17H2,1-4H3. The highest BCUT2D eigenvalue weighted by molar-refractivity contribution is 5.41. The average Bonchev–Trinajstić information content (AvgIpc) is 2.61. The lowest BCUT2D eigenvalue weighted by atomic mass is 9.90. The van der Waals surface area contributed by atoms with Gasteiger partial charge in [0.1, 0.15) is 0 Å². The summed E-state index contributed by atoms with van der Waals surface area (Å²) >= 11 is 0. The fourth-order valence-corrected chi connectivity index (χ4v) is 3.48. The third-order valence-electron chi connectivity index (χ3n) is 4.09. The van der Waals surface area contributed by atoms with Crippen LogP contribution < -0.4 is 5.73 Å². The van der Waals surface area contributed by atoms with Gasteiger partial charge in [-0.3, -0.25) is 4.90 Å². The van der Waals surface area contributed by atoms with Crippen LogP contribution in [-0.4, -0.2) is 24.0 Å². The molecule has 1 aliphatic rings. The van der Waals surface area contributed by atoms with E-state index >= 15 is 0 Å². The van der Waals surface area contributed by atoms with Crippen molar-refractivity contribution in [2.24, 2.45) is 5.73 Å². The van der Waals surface area contributed by atoms with Crippen LogP contribution in [0.3, 0.4) is 0 Å². The van der Waals surface area contributed by atoms with Crippen molar-refractivity contribution in [2.45, 2.75) is 52.6 Å². The monoisotopic (exact) mass is 246 g/mol. The van der Waals surface area contributed by atoms with Crippen molar-refractivity contribution >= 4 is 0 Å². The Bertz CT molecular complexity index is 400. The molecular formula is C16H26N2. The molecular weight excluding hydrogens is 220 g/mol. The Balaban J connectivity index is 2.40. The lowest BCUT2D eigenvalue weighted by Crippen LogP contribution is -2.33. The van der Waals surface area contributed by atoms with Gasteiger partial charge in [0.15, 0.2) is 0 Å². The van der Waals surface area contributed by atoms with Crippen LogP contribution in [0, 0.1) is 20.8 Å². The first-order chi connectivity index (χ1) is 8.54. The molecule has 18 heavy (non-hydrogen) atoms. The Hall–Kier alpha value is -0.860. The number of nitrogens with zero attached hydrogens (tertiary/aromatic N) is 1. The van der Waals surface area contributed by atoms with Gasteiger partial charge in [-0.1, -0.05) is 24.6 Å². The van der Waals surface area contributed by atoms with Gasteiger partial charge in [-0.25, -0.2) is 0 Å². The molecule has 1 fully saturated rings. The van der Waals surface area contributed by atoms with E-state index in [0.29, 0.717) is 6.04 Å². The highest BCUT2D eigenvalue weighted by atomic mass is 15.2. The zero-order valence-electron chi connectivity index (χ0n) is 12.2. The maximum Gasteiger partial charge on any atom is 0.0504 e. The van der Waals surface area contributed by atoms with E-state index in [9.17, 15) is 0 Å². The second-order valence-corrected chi connectivity index (χ2v) is 5.75. The zero-order valence-corrected chi connectivity index (χ0v) is 12.2. The zero-order chi connectivity index (χ0) is 13.3. The van der Waals surface area contributed by atoms with Crippen molar-refractivity contribution < 1.29 is 0 Å². The maximum absolute atomic E-state index is 6.37. The van der Waals surface area contributed by atoms with Crippen molar-refractivity contribution in [3.05, 3.63) is 34.4 Å². The predicted molar refractivity (Wildman–Crippen MR) is 77.9 cm³/mol. The average molecular weight is 246 g/mol. The summed E-state index contributed by atoms with van der Waals surface area (Å²) in [6, 6.07) is 5.29. The molecule has 2 nitrogen and oxygen atoms in total. The van der Waals surface area contributed by atoms with Gasteiger partial charge in [0.2, 0.25) is 0 Å². The maximum atomic E-state index is 6.37. The molecule has 2 N–H and O–H groups in total. The fraction of sp³-hybridized carbons (Fsp3) is 0.625. The smallest absolute Gasteiger partial charge is 0.0504 e. The second kappa shape index (κ2) is 5.41. The Morgan fingerprint density at radius 1 is 1.22 bits per heavy atom. The number of hydrogen-bond donors (Lipinski definition) is 1. The first-order valence-electron chi connectivity index (χ1n) is 7.12. The molecule has 0 saturated carbocycles. The van der Waals surface area contributed by atoms with E-state index in [1.165, 1.54) is 28.7 Å². The van der Waals surface area contributed by atoms with Gasteiger partial charge in [0.05, 0.1) is 6.04 Å². The predicted octanol–water partition coefficient (Wildman–Crippen LogP) is 3.10. The van der Waals surface area contributed by atoms with E-state index in [2.05, 4.69) is 44.7 Å². The van der Waals surface area contributed by atoms with E-state index in [0.717, 1.165) is 19.5 Å². The Morgan fingerprint density at radius 2 is 1.83 bits per heavy atom. The summed E-state index contributed by atoms with van der Waals surface area (Å²) in [5.41, 5.74) is 12.0. The molecule has 0 spiro atoms. The van der Waals surface area contributed by atoms with Crippen molar-refractivity contribution in [3.63, 3.8) is 0 Å². The Labute approximate surface area is 111 Å². The highest BCUT2D eigenvalue weighted by Gasteiger charge is 2.33. The summed E-state index contributed by atoms with van der Waals surface area (Å²) in [4.78, 5) is 2.56. The number of aryl methyl sites for hydroxylation is 3. The molecule has 0 amide bonds. The number of rotatable bonds is 3. The molecule has 0 aliphatic carbocycles. The van der Waals surface area contributed by atoms with Crippen LogP contribution >= 0.6 is 0 Å². The van der Waals surface area contributed by atoms with E-state index in [4.69, 9.17) is 5.73 Å². The second-order valence-electron chi connectivity index (χ2n) is 5.75. The van der Waals surface area contributed by atoms with E-state index < -0.39 is 0 Å². The minimum absolute atomic E-state index is 0.289. The van der Waals surface area contributed by atoms with Gasteiger partial charge in [0.25, 0.3) is 0 Å². The van der Waals surface area contributed by atoms with Gasteiger partial charge in [-0.2, -0.15) is 0 Å². The van der Waals surface area contributed by atoms with Crippen molar-refractivity contribution in [1.82, 2.24) is 4.90 Å². The third kappa shape index (κ3) is 2.45. The topological polar surface area (TPSA) is 29.3 Å². The summed E-state index contributed by atoms with van der Waals surface area (Å²) < 4.78 is 0. The molecule has 1 saturated heterocycles. The minimum atomic E-state index is 0.289. The number of hydrogen-bond acceptors (Lipinski definition) is 2. The molecule has 2 rings (SSSR count). The molecule has 1 heterocycles. The van der Waals surface area contributed by atoms with Gasteiger partial charge in [0, 0.05) is 12.6 Å². The van der Waals surface area contributed by atoms with Crippen LogP contribution in [0.25, 0.3) is 0 Å². The Kier molecular flexibility index (Phi) is 4.08. The van der Waals surface area contributed by atoms with Crippen LogP contribution in [0.1, 0.15) is 48.1 Å². The van der Waals surface area contributed by atoms with Crippen LogP contribution in [0.15, 0.2) is 12.1 Å². The van der Waals surface area contributed by atoms with Crippen molar-refractivity contribution in [3.8, 4) is 0 Å². The molecule has 2 unspecified atom stereocenters. The summed E-state index contributed by atoms with van der Waals surface area (Å²) in [6.07, 6.45) is 2.32. The molecule has 1 aromatic carbocycles. The van der Waals surface area contributed by atoms with Crippen LogP contribution in [0.4, 0.5) is 0 Å². The molecule has 100 valence electrons. The Morgan fingerprint density at radius 3 is 2.39 bits per heavy atom. The van der Waals surface area contributed by atoms with Crippen molar-refractivity contribution in [2.75, 3.05) is 13.1 Å². The summed E-state index contributed by atoms with van der Waals surface area (Å²) in [5.74, 6) is 0. The fourth-order valence-electron chi connectivity index (χ4n) is 3.48. The third-order valence-corrected chi connectivity index (χ3v) is 4.09. The molecule has 2 atom stereocenters. The summed E-state index contributed by atoms with van der Waals surface area (Å²) in [6.45, 7) is 11.2. The van der Waals surface area contributed by atoms with Gasteiger partial charge in [-0.15, -0.1) is 0 Å². The number of nitrogens with two attached hydrogens (primary N) is 1. The van der Waals surface area contributed by atoms with Crippen molar-refractivity contribution in [1.29, 1.82) is 0 Å². The molecule has 1 aromatic rings. The number of likely N-dealkylation sites (tertiary alicyclic amines) is 1. The molecule has 0 radical (unpaired) electrons. The quantitative estimate of drug-likeness (QED) is 0.888. The molecule has 0 aromatic heterocycles. The highest BCUT2D eigenvalue weighted by Crippen LogP contribution is 2.35. The first kappa shape index (κ1) is 13.6. The van der Waals surface area contributed by atoms with E-state index in [-0.39, 0.29) is 6.04 Å².